The molecule has 1 aromatic carbocycles. The molecule has 2 fully saturated rings. The third-order valence-electron chi connectivity index (χ3n) is 5.37. The smallest absolute Gasteiger partial charge is 0.234 e. The minimum absolute atomic E-state index is 0.0220. The van der Waals surface area contributed by atoms with Crippen molar-refractivity contribution in [1.82, 2.24) is 10.2 Å². The molecule has 6 heteroatoms. The number of nitrogens with one attached hydrogen (secondary N) is 1. The second kappa shape index (κ2) is 10.1. The van der Waals surface area contributed by atoms with Gasteiger partial charge in [0.15, 0.2) is 0 Å². The summed E-state index contributed by atoms with van der Waals surface area (Å²) in [6, 6.07) is 9.43. The van der Waals surface area contributed by atoms with Gasteiger partial charge in [-0.1, -0.05) is 37.5 Å². The van der Waals surface area contributed by atoms with E-state index in [2.05, 4.69) is 5.32 Å². The Balaban J connectivity index is 1.45. The molecule has 6 nitrogen and oxygen atoms in total. The van der Waals surface area contributed by atoms with Gasteiger partial charge in [0.2, 0.25) is 5.91 Å². The van der Waals surface area contributed by atoms with E-state index in [9.17, 15) is 9.90 Å². The number of hydrogen-bond donors (Lipinski definition) is 2. The summed E-state index contributed by atoms with van der Waals surface area (Å²) in [5, 5.41) is 14.0. The lowest BCUT2D eigenvalue weighted by atomic mass is 9.89. The fourth-order valence-electron chi connectivity index (χ4n) is 3.86. The molecule has 1 saturated carbocycles. The van der Waals surface area contributed by atoms with E-state index in [4.69, 9.17) is 9.47 Å². The van der Waals surface area contributed by atoms with Crippen LogP contribution < -0.4 is 10.1 Å². The van der Waals surface area contributed by atoms with Crippen molar-refractivity contribution in [2.24, 2.45) is 5.92 Å². The first-order valence-electron chi connectivity index (χ1n) is 10.1. The second-order valence-corrected chi connectivity index (χ2v) is 7.90. The zero-order chi connectivity index (χ0) is 19.0. The number of ether oxygens (including phenoxy) is 2. The third-order valence-corrected chi connectivity index (χ3v) is 5.37. The Labute approximate surface area is 161 Å². The Morgan fingerprint density at radius 2 is 2.04 bits per heavy atom. The van der Waals surface area contributed by atoms with Crippen LogP contribution >= 0.6 is 0 Å². The van der Waals surface area contributed by atoms with E-state index in [0.29, 0.717) is 31.4 Å². The molecule has 0 bridgehead atoms. The van der Waals surface area contributed by atoms with Gasteiger partial charge in [-0.15, -0.1) is 0 Å². The predicted molar refractivity (Wildman–Crippen MR) is 104 cm³/mol. The summed E-state index contributed by atoms with van der Waals surface area (Å²) in [5.74, 6) is 1.35. The Bertz CT molecular complexity index is 577. The average molecular weight is 376 g/mol. The number of hydrogen-bond acceptors (Lipinski definition) is 5. The molecule has 0 aromatic heterocycles. The van der Waals surface area contributed by atoms with Gasteiger partial charge in [-0.3, -0.25) is 9.69 Å². The van der Waals surface area contributed by atoms with E-state index >= 15 is 0 Å². The van der Waals surface area contributed by atoms with Crippen LogP contribution in [0.25, 0.3) is 0 Å². The van der Waals surface area contributed by atoms with Crippen LogP contribution in [0.4, 0.5) is 0 Å². The molecule has 2 aliphatic rings. The number of aliphatic hydroxyl groups is 1. The maximum Gasteiger partial charge on any atom is 0.234 e. The van der Waals surface area contributed by atoms with Crippen molar-refractivity contribution in [3.8, 4) is 5.75 Å². The minimum atomic E-state index is -1.13. The normalized spacial score (nSPS) is 24.9. The maximum absolute atomic E-state index is 12.4. The van der Waals surface area contributed by atoms with Crippen LogP contribution in [-0.4, -0.2) is 67.5 Å². The van der Waals surface area contributed by atoms with Crippen LogP contribution in [0.15, 0.2) is 30.3 Å². The fraction of sp³-hybridized carbons (Fsp3) is 0.667. The highest BCUT2D eigenvalue weighted by atomic mass is 16.5. The predicted octanol–water partition coefficient (Wildman–Crippen LogP) is 1.83. The monoisotopic (exact) mass is 376 g/mol. The summed E-state index contributed by atoms with van der Waals surface area (Å²) < 4.78 is 11.3. The summed E-state index contributed by atoms with van der Waals surface area (Å²) in [7, 11) is 0. The molecule has 0 radical (unpaired) electrons. The Hall–Kier alpha value is -1.63. The van der Waals surface area contributed by atoms with E-state index in [1.54, 1.807) is 0 Å². The molecule has 1 saturated heterocycles. The number of amides is 1. The van der Waals surface area contributed by atoms with E-state index < -0.39 is 5.60 Å². The van der Waals surface area contributed by atoms with Crippen LogP contribution in [0.5, 0.6) is 5.75 Å². The largest absolute Gasteiger partial charge is 0.490 e. The summed E-state index contributed by atoms with van der Waals surface area (Å²) >= 11 is 0. The molecule has 1 heterocycles. The van der Waals surface area contributed by atoms with Crippen molar-refractivity contribution < 1.29 is 19.4 Å². The van der Waals surface area contributed by atoms with Crippen molar-refractivity contribution in [3.63, 3.8) is 0 Å². The van der Waals surface area contributed by atoms with Crippen molar-refractivity contribution in [2.45, 2.75) is 37.7 Å². The van der Waals surface area contributed by atoms with Gasteiger partial charge in [0, 0.05) is 19.6 Å². The van der Waals surface area contributed by atoms with Crippen LogP contribution in [0.2, 0.25) is 0 Å². The van der Waals surface area contributed by atoms with Crippen LogP contribution in [0.3, 0.4) is 0 Å². The highest BCUT2D eigenvalue weighted by molar-refractivity contribution is 5.78. The Kier molecular flexibility index (Phi) is 7.50. The van der Waals surface area contributed by atoms with E-state index in [1.807, 2.05) is 35.2 Å². The number of nitrogens with zero attached hydrogens (tertiary/aromatic N) is 1. The van der Waals surface area contributed by atoms with Crippen molar-refractivity contribution in [1.29, 1.82) is 0 Å². The number of benzene rings is 1. The van der Waals surface area contributed by atoms with Crippen LogP contribution in [0, 0.1) is 5.92 Å². The summed E-state index contributed by atoms with van der Waals surface area (Å²) in [5.41, 5.74) is -1.13. The zero-order valence-electron chi connectivity index (χ0n) is 16.1. The molecule has 3 rings (SSSR count). The second-order valence-electron chi connectivity index (χ2n) is 7.90. The number of rotatable bonds is 7. The lowest BCUT2D eigenvalue weighted by Gasteiger charge is -2.30. The van der Waals surface area contributed by atoms with Crippen molar-refractivity contribution in [2.75, 3.05) is 46.0 Å². The van der Waals surface area contributed by atoms with Gasteiger partial charge in [0.25, 0.3) is 0 Å². The first-order valence-corrected chi connectivity index (χ1v) is 10.1. The Morgan fingerprint density at radius 3 is 2.81 bits per heavy atom. The minimum Gasteiger partial charge on any atom is -0.490 e. The van der Waals surface area contributed by atoms with Gasteiger partial charge in [0.1, 0.15) is 18.0 Å². The van der Waals surface area contributed by atoms with Gasteiger partial charge in [-0.25, -0.2) is 0 Å². The van der Waals surface area contributed by atoms with Crippen molar-refractivity contribution in [3.05, 3.63) is 30.3 Å². The van der Waals surface area contributed by atoms with E-state index in [-0.39, 0.29) is 25.7 Å². The van der Waals surface area contributed by atoms with Gasteiger partial charge in [0.05, 0.1) is 19.8 Å². The summed E-state index contributed by atoms with van der Waals surface area (Å²) in [6.07, 6.45) is 6.31. The molecule has 0 spiro atoms. The molecular weight excluding hydrogens is 344 g/mol. The summed E-state index contributed by atoms with van der Waals surface area (Å²) in [6.45, 7) is 2.89. The fourth-order valence-corrected chi connectivity index (χ4v) is 3.86. The molecule has 150 valence electrons. The van der Waals surface area contributed by atoms with Gasteiger partial charge < -0.3 is 19.9 Å². The summed E-state index contributed by atoms with van der Waals surface area (Å²) in [4.78, 5) is 14.3. The molecular formula is C21H32N2O4. The molecule has 1 atom stereocenters. The van der Waals surface area contributed by atoms with Gasteiger partial charge in [-0.2, -0.15) is 0 Å². The van der Waals surface area contributed by atoms with E-state index in [1.165, 1.54) is 32.1 Å². The third kappa shape index (κ3) is 6.79. The molecule has 2 N–H and O–H groups in total. The van der Waals surface area contributed by atoms with Crippen LogP contribution in [-0.2, 0) is 9.53 Å². The molecule has 1 aliphatic carbocycles. The molecule has 1 aromatic rings. The Morgan fingerprint density at radius 1 is 1.26 bits per heavy atom. The first kappa shape index (κ1) is 20.1. The average Bonchev–Trinajstić information content (AvgIpc) is 2.88. The SMILES string of the molecule is O=C(CN1CCOC[C@](O)(COc2ccccc2)C1)NCC1CCCCC1. The standard InChI is InChI=1S/C21H32N2O4/c24-20(22-13-18-7-3-1-4-8-18)14-23-11-12-26-16-21(25,15-23)17-27-19-9-5-2-6-10-19/h2,5-6,9-10,18,25H,1,3-4,7-8,11-17H2,(H,22,24)/t21-/m0/s1. The molecule has 0 unspecified atom stereocenters. The lowest BCUT2D eigenvalue weighted by molar-refractivity contribution is -0.123. The van der Waals surface area contributed by atoms with Crippen molar-refractivity contribution >= 4 is 5.91 Å². The molecule has 1 amide bonds. The quantitative estimate of drug-likeness (QED) is 0.760. The zero-order valence-corrected chi connectivity index (χ0v) is 16.1. The number of β-amino-alcohol motifs (C(OH)–C–C–N with tert-alkyl or cyclic N) is 1. The van der Waals surface area contributed by atoms with Crippen LogP contribution in [0.1, 0.15) is 32.1 Å². The van der Waals surface area contributed by atoms with E-state index in [0.717, 1.165) is 6.54 Å². The number of carbonyl (C=O) groups excluding carboxylic acids is 1. The van der Waals surface area contributed by atoms with Gasteiger partial charge >= 0.3 is 0 Å². The highest BCUT2D eigenvalue weighted by Crippen LogP contribution is 2.22. The lowest BCUT2D eigenvalue weighted by Crippen LogP contribution is -2.51. The van der Waals surface area contributed by atoms with Gasteiger partial charge in [-0.05, 0) is 30.9 Å². The molecule has 1 aliphatic heterocycles. The first-order chi connectivity index (χ1) is 13.1. The maximum atomic E-state index is 12.4. The topological polar surface area (TPSA) is 71.0 Å². The number of carbonyl (C=O) groups is 1. The number of para-hydroxylation sites is 1. The highest BCUT2D eigenvalue weighted by Gasteiger charge is 2.34. The molecule has 27 heavy (non-hydrogen) atoms.